The van der Waals surface area contributed by atoms with Gasteiger partial charge in [-0.2, -0.15) is 0 Å². The van der Waals surface area contributed by atoms with E-state index in [1.165, 1.54) is 30.8 Å². The van der Waals surface area contributed by atoms with Crippen LogP contribution in [0.3, 0.4) is 0 Å². The summed E-state index contributed by atoms with van der Waals surface area (Å²) in [6, 6.07) is 9.56. The molecule has 0 amide bonds. The van der Waals surface area contributed by atoms with Crippen molar-refractivity contribution in [3.05, 3.63) is 35.9 Å². The molecule has 1 aromatic rings. The second kappa shape index (κ2) is 9.23. The molecule has 5 heteroatoms. The SMILES string of the molecule is C#C[C@](O)(c1ccccc1)C1OC[C@@H]2[C@H](C[C@H]3C[C@@H]2C3(C)C)SCS[C@H]2C[C@H]3C[C@@H]([C@@H]2CO1)C3(C)C. The van der Waals surface area contributed by atoms with Crippen LogP contribution in [-0.2, 0) is 15.1 Å². The van der Waals surface area contributed by atoms with E-state index in [2.05, 4.69) is 57.1 Å². The zero-order chi connectivity index (χ0) is 25.3. The first-order chi connectivity index (χ1) is 17.2. The summed E-state index contributed by atoms with van der Waals surface area (Å²) in [5.41, 5.74) is -0.208. The molecule has 8 rings (SSSR count). The van der Waals surface area contributed by atoms with Crippen LogP contribution in [0.15, 0.2) is 30.3 Å². The Kier molecular flexibility index (Phi) is 6.57. The maximum atomic E-state index is 11.9. The number of aliphatic hydroxyl groups is 1. The number of ether oxygens (including phenoxy) is 2. The Hall–Kier alpha value is -0.640. The van der Waals surface area contributed by atoms with Crippen molar-refractivity contribution in [2.75, 3.05) is 18.3 Å². The first-order valence-electron chi connectivity index (χ1n) is 13.9. The number of rotatable bonds is 2. The van der Waals surface area contributed by atoms with Crippen molar-refractivity contribution in [3.8, 4) is 12.3 Å². The van der Waals surface area contributed by atoms with Crippen LogP contribution < -0.4 is 0 Å². The van der Waals surface area contributed by atoms with Crippen molar-refractivity contribution in [3.63, 3.8) is 0 Å². The molecule has 36 heavy (non-hydrogen) atoms. The first kappa shape index (κ1) is 25.6. The van der Waals surface area contributed by atoms with Gasteiger partial charge < -0.3 is 14.6 Å². The highest BCUT2D eigenvalue weighted by Crippen LogP contribution is 2.65. The monoisotopic (exact) mass is 526 g/mol. The molecule has 0 radical (unpaired) electrons. The summed E-state index contributed by atoms with van der Waals surface area (Å²) < 4.78 is 13.3. The fourth-order valence-corrected chi connectivity index (χ4v) is 12.0. The molecule has 196 valence electrons. The van der Waals surface area contributed by atoms with E-state index in [9.17, 15) is 5.11 Å². The van der Waals surface area contributed by atoms with Crippen LogP contribution in [0, 0.1) is 58.7 Å². The number of benzene rings is 1. The minimum Gasteiger partial charge on any atom is -0.369 e. The lowest BCUT2D eigenvalue weighted by atomic mass is 9.45. The average molecular weight is 527 g/mol. The summed E-state index contributed by atoms with van der Waals surface area (Å²) in [5.74, 6) is 6.59. The van der Waals surface area contributed by atoms with Gasteiger partial charge in [0, 0.05) is 21.1 Å². The third kappa shape index (κ3) is 3.92. The van der Waals surface area contributed by atoms with Crippen molar-refractivity contribution < 1.29 is 14.6 Å². The quantitative estimate of drug-likeness (QED) is 0.451. The summed E-state index contributed by atoms with van der Waals surface area (Å²) >= 11 is 4.35. The van der Waals surface area contributed by atoms with E-state index in [4.69, 9.17) is 15.9 Å². The van der Waals surface area contributed by atoms with Gasteiger partial charge in [-0.1, -0.05) is 63.9 Å². The lowest BCUT2D eigenvalue weighted by molar-refractivity contribution is -0.250. The molecule has 0 unspecified atom stereocenters. The molecule has 6 saturated carbocycles. The van der Waals surface area contributed by atoms with Gasteiger partial charge in [0.15, 0.2) is 0 Å². The molecule has 3 nitrogen and oxygen atoms in total. The molecule has 7 aliphatic rings. The van der Waals surface area contributed by atoms with Gasteiger partial charge in [-0.15, -0.1) is 29.9 Å². The van der Waals surface area contributed by atoms with E-state index in [-0.39, 0.29) is 0 Å². The number of hydrogen-bond donors (Lipinski definition) is 1. The lowest BCUT2D eigenvalue weighted by Crippen LogP contribution is -2.59. The maximum Gasteiger partial charge on any atom is 0.202 e. The molecule has 1 aliphatic heterocycles. The molecule has 1 heterocycles. The van der Waals surface area contributed by atoms with Crippen molar-refractivity contribution in [2.24, 2.45) is 46.3 Å². The smallest absolute Gasteiger partial charge is 0.202 e. The predicted molar refractivity (Wildman–Crippen MR) is 149 cm³/mol. The first-order valence-corrected chi connectivity index (χ1v) is 16.0. The second-order valence-electron chi connectivity index (χ2n) is 13.3. The Morgan fingerprint density at radius 2 is 1.36 bits per heavy atom. The average Bonchev–Trinajstić information content (AvgIpc) is 2.88. The van der Waals surface area contributed by atoms with E-state index in [1.54, 1.807) is 0 Å². The molecule has 1 aromatic carbocycles. The highest BCUT2D eigenvalue weighted by Gasteiger charge is 2.60. The van der Waals surface area contributed by atoms with Crippen molar-refractivity contribution in [2.45, 2.75) is 75.8 Å². The summed E-state index contributed by atoms with van der Waals surface area (Å²) in [4.78, 5) is 0. The zero-order valence-electron chi connectivity index (χ0n) is 22.2. The highest BCUT2D eigenvalue weighted by atomic mass is 32.2. The lowest BCUT2D eigenvalue weighted by Gasteiger charge is -2.63. The summed E-state index contributed by atoms with van der Waals surface area (Å²) in [6.07, 6.45) is 10.3. The Bertz CT molecular complexity index is 955. The fraction of sp³-hybridized carbons (Fsp3) is 0.742. The van der Waals surface area contributed by atoms with Crippen LogP contribution in [0.5, 0.6) is 0 Å². The van der Waals surface area contributed by atoms with Gasteiger partial charge in [0.05, 0.1) is 13.2 Å². The van der Waals surface area contributed by atoms with Crippen molar-refractivity contribution in [1.29, 1.82) is 0 Å². The molecular formula is C31H42O3S2. The van der Waals surface area contributed by atoms with E-state index >= 15 is 0 Å². The second-order valence-corrected chi connectivity index (χ2v) is 16.1. The van der Waals surface area contributed by atoms with Crippen molar-refractivity contribution >= 4 is 23.5 Å². The van der Waals surface area contributed by atoms with E-state index < -0.39 is 11.9 Å². The Labute approximate surface area is 226 Å². The van der Waals surface area contributed by atoms with Crippen LogP contribution in [0.2, 0.25) is 0 Å². The van der Waals surface area contributed by atoms with Gasteiger partial charge >= 0.3 is 0 Å². The molecule has 0 aromatic heterocycles. The molecule has 1 saturated heterocycles. The summed E-state index contributed by atoms with van der Waals surface area (Å²) in [6.45, 7) is 10.9. The van der Waals surface area contributed by atoms with E-state index in [0.29, 0.717) is 63.8 Å². The van der Waals surface area contributed by atoms with Gasteiger partial charge in [0.25, 0.3) is 0 Å². The van der Waals surface area contributed by atoms with Gasteiger partial charge in [-0.25, -0.2) is 0 Å². The van der Waals surface area contributed by atoms with Crippen LogP contribution in [-0.4, -0.2) is 40.2 Å². The van der Waals surface area contributed by atoms with Gasteiger partial charge in [-0.05, 0) is 72.0 Å². The Morgan fingerprint density at radius 3 is 1.81 bits per heavy atom. The van der Waals surface area contributed by atoms with Gasteiger partial charge in [-0.3, -0.25) is 0 Å². The maximum absolute atomic E-state index is 11.9. The van der Waals surface area contributed by atoms with Crippen molar-refractivity contribution in [1.82, 2.24) is 0 Å². The number of thioether (sulfide) groups is 2. The van der Waals surface area contributed by atoms with Gasteiger partial charge in [0.2, 0.25) is 11.9 Å². The Morgan fingerprint density at radius 1 is 0.861 bits per heavy atom. The van der Waals surface area contributed by atoms with Crippen LogP contribution in [0.1, 0.15) is 58.9 Å². The topological polar surface area (TPSA) is 38.7 Å². The third-order valence-corrected chi connectivity index (χ3v) is 14.4. The summed E-state index contributed by atoms with van der Waals surface area (Å²) in [7, 11) is 0. The standard InChI is InChI=1S/C31H42O3S2/c1-6-31(32,19-10-8-7-9-11-19)28-33-16-22-24-12-20(29(24,2)3)14-26(22)35-18-36-27-15-21-13-25(30(21,4)5)23(27)17-34-28/h1,7-11,20-28,32H,12-18H2,2-5H3/t20-,21-,22+,23+,24+,25+,26+,27+,31+/m1/s1. The largest absolute Gasteiger partial charge is 0.369 e. The van der Waals surface area contributed by atoms with E-state index in [1.807, 2.05) is 30.3 Å². The van der Waals surface area contributed by atoms with E-state index in [0.717, 1.165) is 11.8 Å². The number of terminal acetylenes is 1. The minimum atomic E-state index is -1.62. The molecule has 9 atom stereocenters. The van der Waals surface area contributed by atoms with Crippen LogP contribution in [0.4, 0.5) is 0 Å². The normalized spacial score (nSPS) is 44.5. The fourth-order valence-electron chi connectivity index (χ4n) is 8.50. The molecule has 4 bridgehead atoms. The van der Waals surface area contributed by atoms with Gasteiger partial charge in [0.1, 0.15) is 0 Å². The molecular weight excluding hydrogens is 484 g/mol. The summed E-state index contributed by atoms with van der Waals surface area (Å²) in [5, 5.41) is 14.3. The molecule has 7 fully saturated rings. The zero-order valence-corrected chi connectivity index (χ0v) is 23.8. The molecule has 0 spiro atoms. The molecule has 1 N–H and O–H groups in total. The predicted octanol–water partition coefficient (Wildman–Crippen LogP) is 6.41. The number of hydrogen-bond acceptors (Lipinski definition) is 5. The van der Waals surface area contributed by atoms with Crippen LogP contribution in [0.25, 0.3) is 0 Å². The molecule has 6 aliphatic carbocycles. The highest BCUT2D eigenvalue weighted by molar-refractivity contribution is 8.16. The van der Waals surface area contributed by atoms with Crippen LogP contribution >= 0.6 is 23.5 Å². The Balaban J connectivity index is 1.31. The third-order valence-electron chi connectivity index (χ3n) is 11.3. The minimum absolute atomic E-state index is 0.370.